The molecule has 0 N–H and O–H groups in total. The average molecular weight is 344 g/mol. The predicted molar refractivity (Wildman–Crippen MR) is 88.4 cm³/mol. The first-order chi connectivity index (χ1) is 12.0. The molecule has 128 valence electrons. The lowest BCUT2D eigenvalue weighted by molar-refractivity contribution is -0.173. The topological polar surface area (TPSA) is 56.5 Å². The number of rotatable bonds is 4. The summed E-state index contributed by atoms with van der Waals surface area (Å²) in [6, 6.07) is 14.0. The van der Waals surface area contributed by atoms with Crippen LogP contribution in [0.5, 0.6) is 0 Å². The van der Waals surface area contributed by atoms with Gasteiger partial charge in [0.2, 0.25) is 5.43 Å². The van der Waals surface area contributed by atoms with Crippen LogP contribution in [0.15, 0.2) is 63.8 Å². The molecule has 0 unspecified atom stereocenters. The van der Waals surface area contributed by atoms with Gasteiger partial charge in [0.25, 0.3) is 0 Å². The van der Waals surface area contributed by atoms with E-state index in [-0.39, 0.29) is 28.9 Å². The lowest BCUT2D eigenvalue weighted by Gasteiger charge is -2.17. The number of para-hydroxylation sites is 1. The van der Waals surface area contributed by atoms with Gasteiger partial charge in [0, 0.05) is 5.56 Å². The molecule has 3 aromatic rings. The molecule has 0 aliphatic heterocycles. The van der Waals surface area contributed by atoms with Gasteiger partial charge in [0.05, 0.1) is 12.0 Å². The minimum atomic E-state index is -4.13. The molecule has 0 saturated heterocycles. The molecule has 25 heavy (non-hydrogen) atoms. The van der Waals surface area contributed by atoms with E-state index in [4.69, 9.17) is 4.42 Å². The fourth-order valence-corrected chi connectivity index (χ4v) is 2.54. The van der Waals surface area contributed by atoms with Gasteiger partial charge in [-0.15, -0.1) is 0 Å². The molecule has 0 radical (unpaired) electrons. The number of benzene rings is 2. The molecule has 2 aromatic carbocycles. The highest BCUT2D eigenvalue weighted by molar-refractivity contribution is 5.86. The van der Waals surface area contributed by atoms with Gasteiger partial charge in [-0.1, -0.05) is 42.5 Å². The van der Waals surface area contributed by atoms with Gasteiger partial charge in [0.15, 0.2) is 0 Å². The van der Waals surface area contributed by atoms with Crippen LogP contribution in [0.25, 0.3) is 22.3 Å². The fourth-order valence-electron chi connectivity index (χ4n) is 2.54. The Balaban J connectivity index is 2.38. The van der Waals surface area contributed by atoms with Crippen molar-refractivity contribution >= 4 is 16.9 Å². The number of carbonyl (C=O) groups is 1. The second kappa shape index (κ2) is 6.47. The maximum atomic E-state index is 14.7. The van der Waals surface area contributed by atoms with Crippen LogP contribution in [-0.4, -0.2) is 12.6 Å². The van der Waals surface area contributed by atoms with Crippen LogP contribution >= 0.6 is 0 Å². The summed E-state index contributed by atoms with van der Waals surface area (Å²) >= 11 is 0. The Morgan fingerprint density at radius 2 is 1.72 bits per heavy atom. The SMILES string of the molecule is CCOC(=O)C(F)(F)c1c(-c2ccccc2)oc2ccccc2c1=O. The van der Waals surface area contributed by atoms with Gasteiger partial charge in [-0.3, -0.25) is 4.79 Å². The second-order valence-electron chi connectivity index (χ2n) is 5.29. The Labute approximate surface area is 141 Å². The zero-order chi connectivity index (χ0) is 18.0. The molecule has 0 saturated carbocycles. The summed E-state index contributed by atoms with van der Waals surface area (Å²) in [6.07, 6.45) is 0. The van der Waals surface area contributed by atoms with E-state index < -0.39 is 22.9 Å². The molecule has 0 aliphatic carbocycles. The smallest absolute Gasteiger partial charge is 0.382 e. The van der Waals surface area contributed by atoms with Crippen LogP contribution in [0, 0.1) is 0 Å². The summed E-state index contributed by atoms with van der Waals surface area (Å²) in [5, 5.41) is -0.0267. The largest absolute Gasteiger partial charge is 0.461 e. The Morgan fingerprint density at radius 1 is 1.08 bits per heavy atom. The Kier molecular flexibility index (Phi) is 4.35. The Bertz CT molecular complexity index is 978. The minimum Gasteiger partial charge on any atom is -0.461 e. The summed E-state index contributed by atoms with van der Waals surface area (Å²) < 4.78 is 39.5. The van der Waals surface area contributed by atoms with Crippen LogP contribution in [0.2, 0.25) is 0 Å². The molecule has 6 heteroatoms. The van der Waals surface area contributed by atoms with Crippen LogP contribution < -0.4 is 5.43 Å². The van der Waals surface area contributed by atoms with Crippen molar-refractivity contribution in [2.45, 2.75) is 12.8 Å². The van der Waals surface area contributed by atoms with Gasteiger partial charge < -0.3 is 9.15 Å². The number of fused-ring (bicyclic) bond motifs is 1. The van der Waals surface area contributed by atoms with Gasteiger partial charge in [-0.25, -0.2) is 4.79 Å². The van der Waals surface area contributed by atoms with E-state index in [0.717, 1.165) is 0 Å². The maximum Gasteiger partial charge on any atom is 0.382 e. The van der Waals surface area contributed by atoms with Crippen molar-refractivity contribution in [3.63, 3.8) is 0 Å². The van der Waals surface area contributed by atoms with Crippen LogP contribution in [0.1, 0.15) is 12.5 Å². The zero-order valence-corrected chi connectivity index (χ0v) is 13.3. The quantitative estimate of drug-likeness (QED) is 0.668. The summed E-state index contributed by atoms with van der Waals surface area (Å²) in [5.41, 5.74) is -1.55. The van der Waals surface area contributed by atoms with Crippen molar-refractivity contribution in [1.29, 1.82) is 0 Å². The number of halogens is 2. The van der Waals surface area contributed by atoms with Crippen LogP contribution in [-0.2, 0) is 15.5 Å². The molecule has 3 rings (SSSR count). The van der Waals surface area contributed by atoms with Crippen molar-refractivity contribution in [2.75, 3.05) is 6.61 Å². The monoisotopic (exact) mass is 344 g/mol. The third-order valence-corrected chi connectivity index (χ3v) is 3.68. The molecule has 0 atom stereocenters. The van der Waals surface area contributed by atoms with E-state index in [0.29, 0.717) is 0 Å². The van der Waals surface area contributed by atoms with Gasteiger partial charge in [-0.05, 0) is 19.1 Å². The molecule has 0 amide bonds. The van der Waals surface area contributed by atoms with Crippen LogP contribution in [0.3, 0.4) is 0 Å². The molecule has 0 fully saturated rings. The molecule has 0 bridgehead atoms. The number of alkyl halides is 2. The van der Waals surface area contributed by atoms with Crippen molar-refractivity contribution in [1.82, 2.24) is 0 Å². The van der Waals surface area contributed by atoms with E-state index in [2.05, 4.69) is 4.74 Å². The van der Waals surface area contributed by atoms with Crippen molar-refractivity contribution < 1.29 is 22.7 Å². The molecule has 1 heterocycles. The zero-order valence-electron chi connectivity index (χ0n) is 13.3. The summed E-state index contributed by atoms with van der Waals surface area (Å²) in [4.78, 5) is 24.5. The highest BCUT2D eigenvalue weighted by atomic mass is 19.3. The Morgan fingerprint density at radius 3 is 2.40 bits per heavy atom. The number of hydrogen-bond donors (Lipinski definition) is 0. The molecule has 4 nitrogen and oxygen atoms in total. The molecule has 0 aliphatic rings. The molecular weight excluding hydrogens is 330 g/mol. The van der Waals surface area contributed by atoms with Gasteiger partial charge in [-0.2, -0.15) is 8.78 Å². The lowest BCUT2D eigenvalue weighted by atomic mass is 9.99. The first-order valence-corrected chi connectivity index (χ1v) is 7.63. The highest BCUT2D eigenvalue weighted by Crippen LogP contribution is 2.36. The van der Waals surface area contributed by atoms with Crippen molar-refractivity contribution in [3.05, 3.63) is 70.4 Å². The number of carbonyl (C=O) groups excluding carboxylic acids is 1. The normalized spacial score (nSPS) is 11.5. The van der Waals surface area contributed by atoms with Gasteiger partial charge >= 0.3 is 11.9 Å². The van der Waals surface area contributed by atoms with Crippen molar-refractivity contribution in [2.24, 2.45) is 0 Å². The third kappa shape index (κ3) is 2.91. The van der Waals surface area contributed by atoms with E-state index in [1.54, 1.807) is 24.3 Å². The Hall–Kier alpha value is -3.02. The summed E-state index contributed by atoms with van der Waals surface area (Å²) in [6.45, 7) is 1.18. The standard InChI is InChI=1S/C19H14F2O4/c1-2-24-18(23)19(20,21)15-16(22)13-10-6-7-11-14(13)25-17(15)12-8-4-3-5-9-12/h3-11H,2H2,1H3. The molecule has 0 spiro atoms. The lowest BCUT2D eigenvalue weighted by Crippen LogP contribution is -2.34. The first-order valence-electron chi connectivity index (χ1n) is 7.63. The fraction of sp³-hybridized carbons (Fsp3) is 0.158. The number of hydrogen-bond acceptors (Lipinski definition) is 4. The molecule has 1 aromatic heterocycles. The maximum absolute atomic E-state index is 14.7. The van der Waals surface area contributed by atoms with Crippen LogP contribution in [0.4, 0.5) is 8.78 Å². The number of esters is 1. The van der Waals surface area contributed by atoms with E-state index in [1.165, 1.54) is 37.3 Å². The first kappa shape index (κ1) is 16.8. The average Bonchev–Trinajstić information content (AvgIpc) is 2.62. The summed E-state index contributed by atoms with van der Waals surface area (Å²) in [7, 11) is 0. The number of ether oxygens (including phenoxy) is 1. The van der Waals surface area contributed by atoms with Gasteiger partial charge in [0.1, 0.15) is 16.9 Å². The molecular formula is C19H14F2O4. The summed E-state index contributed by atoms with van der Waals surface area (Å²) in [5.74, 6) is -6.26. The van der Waals surface area contributed by atoms with E-state index in [1.807, 2.05) is 0 Å². The van der Waals surface area contributed by atoms with Crippen molar-refractivity contribution in [3.8, 4) is 11.3 Å². The highest BCUT2D eigenvalue weighted by Gasteiger charge is 2.48. The van der Waals surface area contributed by atoms with E-state index in [9.17, 15) is 18.4 Å². The second-order valence-corrected chi connectivity index (χ2v) is 5.29. The minimum absolute atomic E-state index is 0.0267. The van der Waals surface area contributed by atoms with E-state index >= 15 is 0 Å². The predicted octanol–water partition coefficient (Wildman–Crippen LogP) is 4.11. The third-order valence-electron chi connectivity index (χ3n) is 3.68.